The summed E-state index contributed by atoms with van der Waals surface area (Å²) >= 11 is 0. The Bertz CT molecular complexity index is 390. The van der Waals surface area contributed by atoms with Gasteiger partial charge in [-0.15, -0.1) is 0 Å². The molecular weight excluding hydrogens is 371 g/mol. The molecule has 0 aliphatic carbocycles. The van der Waals surface area contributed by atoms with Crippen LogP contribution in [0.4, 0.5) is 0 Å². The largest absolute Gasteiger partial charge is 0.394 e. The Kier molecular flexibility index (Phi) is 11.4. The van der Waals surface area contributed by atoms with Gasteiger partial charge in [0.05, 0.1) is 13.2 Å². The van der Waals surface area contributed by atoms with E-state index in [-0.39, 0.29) is 40.4 Å². The first-order valence-corrected chi connectivity index (χ1v) is 7.08. The summed E-state index contributed by atoms with van der Waals surface area (Å²) in [6.45, 7) is -1.35. The summed E-state index contributed by atoms with van der Waals surface area (Å²) in [4.78, 5) is 0. The van der Waals surface area contributed by atoms with E-state index in [1.54, 1.807) is 0 Å². The van der Waals surface area contributed by atoms with Crippen molar-refractivity contribution in [3.8, 4) is 0 Å². The number of aliphatic hydroxyl groups is 8. The van der Waals surface area contributed by atoms with Crippen LogP contribution in [-0.2, 0) is 14.2 Å². The van der Waals surface area contributed by atoms with Crippen LogP contribution in [0.3, 0.4) is 0 Å². The summed E-state index contributed by atoms with van der Waals surface area (Å²) < 4.78 is 15.3. The van der Waals surface area contributed by atoms with Crippen LogP contribution < -0.4 is 0 Å². The molecule has 2 fully saturated rings. The Hall–Kier alpha value is 0.859. The highest BCUT2D eigenvalue weighted by Gasteiger charge is 2.50. The number of ether oxygens (including phenoxy) is 3. The van der Waals surface area contributed by atoms with E-state index in [0.717, 1.165) is 0 Å². The predicted octanol–water partition coefficient (Wildman–Crippen LogP) is -7.50. The van der Waals surface area contributed by atoms with Crippen molar-refractivity contribution in [2.24, 2.45) is 0 Å². The fraction of sp³-hybridized carbons (Fsp3) is 1.00. The molecule has 0 bridgehead atoms. The van der Waals surface area contributed by atoms with Crippen LogP contribution in [0.15, 0.2) is 0 Å². The summed E-state index contributed by atoms with van der Waals surface area (Å²) in [6, 6.07) is 0. The highest BCUT2D eigenvalue weighted by atomic mass is 27.0. The van der Waals surface area contributed by atoms with E-state index >= 15 is 0 Å². The molecule has 0 aromatic heterocycles. The van der Waals surface area contributed by atoms with Gasteiger partial charge in [-0.25, -0.2) is 0 Å². The van der Waals surface area contributed by atoms with Crippen molar-refractivity contribution in [3.63, 3.8) is 0 Å². The Balaban J connectivity index is 0.00000288. The zero-order valence-corrected chi connectivity index (χ0v) is 12.0. The number of hydrogen-bond donors (Lipinski definition) is 8. The molecule has 8 N–H and O–H groups in total. The molecule has 0 saturated carbocycles. The molecule has 13 heteroatoms. The third-order valence-electron chi connectivity index (χ3n) is 3.98. The number of rotatable bonds is 4. The average Bonchev–Trinajstić information content (AvgIpc) is 2.55. The second-order valence-electron chi connectivity index (χ2n) is 5.53. The third-order valence-corrected chi connectivity index (χ3v) is 3.98. The normalized spacial score (nSPS) is 47.5. The Morgan fingerprint density at radius 2 is 1.24 bits per heavy atom. The zero-order chi connectivity index (χ0) is 17.3. The van der Waals surface area contributed by atoms with Crippen molar-refractivity contribution >= 4 is 40.4 Å². The fourth-order valence-electron chi connectivity index (χ4n) is 2.57. The first kappa shape index (κ1) is 25.9. The lowest BCUT2D eigenvalue weighted by Gasteiger charge is -2.45. The lowest BCUT2D eigenvalue weighted by molar-refractivity contribution is -0.355. The van der Waals surface area contributed by atoms with Crippen LogP contribution in [-0.4, -0.2) is 156 Å². The molecule has 10 atom stereocenters. The van der Waals surface area contributed by atoms with Gasteiger partial charge in [0, 0.05) is 0 Å². The molecular formula is C12H27AlMgO11. The van der Waals surface area contributed by atoms with Gasteiger partial charge in [0.15, 0.2) is 29.9 Å². The van der Waals surface area contributed by atoms with E-state index in [1.807, 2.05) is 0 Å². The van der Waals surface area contributed by atoms with Crippen molar-refractivity contribution in [3.05, 3.63) is 0 Å². The van der Waals surface area contributed by atoms with E-state index in [1.165, 1.54) is 0 Å². The second-order valence-corrected chi connectivity index (χ2v) is 5.53. The van der Waals surface area contributed by atoms with Crippen LogP contribution in [0.1, 0.15) is 0 Å². The minimum atomic E-state index is -1.74. The van der Waals surface area contributed by atoms with Gasteiger partial charge in [0.2, 0.25) is 0 Å². The van der Waals surface area contributed by atoms with Gasteiger partial charge in [-0.1, -0.05) is 0 Å². The maximum Gasteiger partial charge on any atom is 0.316 e. The molecule has 2 aliphatic rings. The maximum atomic E-state index is 9.94. The molecule has 2 rings (SSSR count). The van der Waals surface area contributed by atoms with Crippen molar-refractivity contribution in [2.75, 3.05) is 13.2 Å². The maximum absolute atomic E-state index is 9.94. The molecule has 0 aromatic carbocycles. The molecule has 10 unspecified atom stereocenters. The average molecular weight is 399 g/mol. The van der Waals surface area contributed by atoms with Crippen LogP contribution in [0.2, 0.25) is 0 Å². The topological polar surface area (TPSA) is 190 Å². The summed E-state index contributed by atoms with van der Waals surface area (Å²) in [7, 11) is 0. The van der Waals surface area contributed by atoms with Crippen molar-refractivity contribution < 1.29 is 55.1 Å². The summed E-state index contributed by atoms with van der Waals surface area (Å²) in [5, 5.41) is 76.5. The van der Waals surface area contributed by atoms with Gasteiger partial charge < -0.3 is 55.1 Å². The quantitative estimate of drug-likeness (QED) is 0.210. The SMILES string of the molecule is OCC1OC(OC2C(CO)OC(O)C(O)C2O)C(O)C(O)C1O.[AlH3].[MgH2]. The first-order valence-electron chi connectivity index (χ1n) is 7.08. The minimum absolute atomic E-state index is 0. The standard InChI is InChI=1S/C12H22O11.Al.Mg.5H/c13-1-3-5(15)6(16)9(19)12(22-3)23-10-4(2-14)21-11(20)8(18)7(10)17;;;;;;;/h3-20H,1-2H2;;;;;;;. The third kappa shape index (κ3) is 5.44. The number of aliphatic hydroxyl groups excluding tert-OH is 8. The van der Waals surface area contributed by atoms with Gasteiger partial charge in [-0.05, 0) is 0 Å². The Morgan fingerprint density at radius 3 is 1.76 bits per heavy atom. The summed E-state index contributed by atoms with van der Waals surface area (Å²) in [5.41, 5.74) is 0. The minimum Gasteiger partial charge on any atom is -0.394 e. The first-order chi connectivity index (χ1) is 10.8. The van der Waals surface area contributed by atoms with Crippen LogP contribution >= 0.6 is 0 Å². The molecule has 11 nitrogen and oxygen atoms in total. The summed E-state index contributed by atoms with van der Waals surface area (Å²) in [6.07, 6.45) is -15.6. The number of hydrogen-bond acceptors (Lipinski definition) is 11. The molecule has 146 valence electrons. The molecule has 2 saturated heterocycles. The highest BCUT2D eigenvalue weighted by Crippen LogP contribution is 2.28. The molecule has 0 radical (unpaired) electrons. The molecule has 0 spiro atoms. The van der Waals surface area contributed by atoms with Gasteiger partial charge in [-0.3, -0.25) is 0 Å². The van der Waals surface area contributed by atoms with Gasteiger partial charge in [0.1, 0.15) is 48.8 Å². The molecule has 25 heavy (non-hydrogen) atoms. The molecule has 0 amide bonds. The van der Waals surface area contributed by atoms with Gasteiger partial charge >= 0.3 is 23.1 Å². The van der Waals surface area contributed by atoms with Crippen LogP contribution in [0, 0.1) is 0 Å². The second kappa shape index (κ2) is 11.0. The van der Waals surface area contributed by atoms with Crippen molar-refractivity contribution in [1.29, 1.82) is 0 Å². The smallest absolute Gasteiger partial charge is 0.316 e. The molecule has 0 aromatic rings. The Labute approximate surface area is 170 Å². The lowest BCUT2D eigenvalue weighted by atomic mass is 9.97. The van der Waals surface area contributed by atoms with Crippen molar-refractivity contribution in [2.45, 2.75) is 61.4 Å². The predicted molar refractivity (Wildman–Crippen MR) is 87.1 cm³/mol. The van der Waals surface area contributed by atoms with Gasteiger partial charge in [-0.2, -0.15) is 0 Å². The monoisotopic (exact) mass is 398 g/mol. The zero-order valence-electron chi connectivity index (χ0n) is 12.0. The Morgan fingerprint density at radius 1 is 0.680 bits per heavy atom. The van der Waals surface area contributed by atoms with E-state index in [0.29, 0.717) is 0 Å². The van der Waals surface area contributed by atoms with Gasteiger partial charge in [0.25, 0.3) is 0 Å². The molecule has 2 aliphatic heterocycles. The highest BCUT2D eigenvalue weighted by molar-refractivity contribution is 5.76. The van der Waals surface area contributed by atoms with Crippen molar-refractivity contribution in [1.82, 2.24) is 0 Å². The van der Waals surface area contributed by atoms with Crippen LogP contribution in [0.25, 0.3) is 0 Å². The van der Waals surface area contributed by atoms with E-state index in [9.17, 15) is 35.7 Å². The summed E-state index contributed by atoms with van der Waals surface area (Å²) in [5.74, 6) is 0. The van der Waals surface area contributed by atoms with Crippen LogP contribution in [0.5, 0.6) is 0 Å². The van der Waals surface area contributed by atoms with E-state index in [2.05, 4.69) is 0 Å². The fourth-order valence-corrected chi connectivity index (χ4v) is 2.57. The lowest BCUT2D eigenvalue weighted by Crippen LogP contribution is -2.64. The molecule has 2 heterocycles. The van der Waals surface area contributed by atoms with E-state index < -0.39 is 74.6 Å². The van der Waals surface area contributed by atoms with E-state index in [4.69, 9.17) is 19.3 Å².